The lowest BCUT2D eigenvalue weighted by Gasteiger charge is -2.13. The number of aldehydes is 1. The molecule has 0 aliphatic rings. The highest BCUT2D eigenvalue weighted by atomic mass is 32.1. The van der Waals surface area contributed by atoms with Gasteiger partial charge in [0.1, 0.15) is 0 Å². The molecule has 2 aromatic heterocycles. The molecule has 0 aliphatic carbocycles. The van der Waals surface area contributed by atoms with Crippen molar-refractivity contribution in [2.45, 2.75) is 39.0 Å². The molecular formula is C18H24N2O2S2. The number of hydrogen-bond acceptors (Lipinski definition) is 6. The Kier molecular flexibility index (Phi) is 8.69. The maximum atomic E-state index is 10.3. The molecular weight excluding hydrogens is 340 g/mol. The highest BCUT2D eigenvalue weighted by molar-refractivity contribution is 7.14. The van der Waals surface area contributed by atoms with Crippen LogP contribution in [0.4, 0.5) is 5.13 Å². The molecule has 0 bridgehead atoms. The van der Waals surface area contributed by atoms with Crippen LogP contribution in [0.15, 0.2) is 17.5 Å². The predicted molar refractivity (Wildman–Crippen MR) is 103 cm³/mol. The number of unbranched alkanes of at least 4 members (excludes halogenated alkanes) is 1. The number of carbonyl (C=O) groups is 1. The third-order valence-electron chi connectivity index (χ3n) is 2.90. The fraction of sp³-hybridized carbons (Fsp3) is 0.444. The number of carbonyl (C=O) groups excluding carboxylic acids is 1. The fourth-order valence-corrected chi connectivity index (χ4v) is 3.13. The van der Waals surface area contributed by atoms with Crippen molar-refractivity contribution in [1.82, 2.24) is 4.98 Å². The van der Waals surface area contributed by atoms with Crippen LogP contribution < -0.4 is 5.32 Å². The fourth-order valence-electron chi connectivity index (χ4n) is 1.53. The van der Waals surface area contributed by atoms with Gasteiger partial charge in [0.05, 0.1) is 15.4 Å². The normalized spacial score (nSPS) is 10.2. The third-order valence-corrected chi connectivity index (χ3v) is 4.69. The molecule has 0 aromatic carbocycles. The molecule has 0 aliphatic heterocycles. The molecule has 130 valence electrons. The quantitative estimate of drug-likeness (QED) is 0.486. The van der Waals surface area contributed by atoms with Crippen molar-refractivity contribution >= 4 is 34.1 Å². The summed E-state index contributed by atoms with van der Waals surface area (Å²) in [5.41, 5.74) is 1.33. The van der Waals surface area contributed by atoms with Gasteiger partial charge in [0.25, 0.3) is 0 Å². The van der Waals surface area contributed by atoms with Crippen LogP contribution in [-0.4, -0.2) is 30.0 Å². The van der Waals surface area contributed by atoms with Crippen LogP contribution in [0.1, 0.15) is 53.9 Å². The van der Waals surface area contributed by atoms with Crippen LogP contribution in [0.25, 0.3) is 0 Å². The van der Waals surface area contributed by atoms with E-state index in [1.54, 1.807) is 17.4 Å². The topological polar surface area (TPSA) is 62.2 Å². The number of rotatable bonds is 4. The summed E-state index contributed by atoms with van der Waals surface area (Å²) in [6.07, 6.45) is 2.23. The second-order valence-electron chi connectivity index (χ2n) is 5.99. The number of nitrogens with one attached hydrogen (secondary N) is 1. The number of nitrogens with zero attached hydrogens (tertiary/aromatic N) is 1. The molecule has 2 aromatic rings. The summed E-state index contributed by atoms with van der Waals surface area (Å²) in [7, 11) is 1.89. The zero-order valence-corrected chi connectivity index (χ0v) is 16.2. The summed E-state index contributed by atoms with van der Waals surface area (Å²) in [6.45, 7) is 6.68. The van der Waals surface area contributed by atoms with Gasteiger partial charge in [0, 0.05) is 30.9 Å². The van der Waals surface area contributed by atoms with Gasteiger partial charge < -0.3 is 10.4 Å². The van der Waals surface area contributed by atoms with E-state index >= 15 is 0 Å². The first kappa shape index (κ1) is 20.4. The second-order valence-corrected chi connectivity index (χ2v) is 7.96. The van der Waals surface area contributed by atoms with Crippen LogP contribution in [-0.2, 0) is 5.41 Å². The lowest BCUT2D eigenvalue weighted by atomic mass is 9.93. The van der Waals surface area contributed by atoms with Crippen LogP contribution in [0.2, 0.25) is 0 Å². The van der Waals surface area contributed by atoms with E-state index in [1.807, 2.05) is 13.1 Å². The van der Waals surface area contributed by atoms with E-state index in [0.717, 1.165) is 22.0 Å². The van der Waals surface area contributed by atoms with E-state index in [0.29, 0.717) is 17.7 Å². The number of thiophene rings is 1. The largest absolute Gasteiger partial charge is 0.396 e. The minimum Gasteiger partial charge on any atom is -0.396 e. The van der Waals surface area contributed by atoms with E-state index in [4.69, 9.17) is 5.11 Å². The zero-order valence-electron chi connectivity index (χ0n) is 14.5. The highest BCUT2D eigenvalue weighted by Gasteiger charge is 2.16. The number of aromatic nitrogens is 1. The molecule has 0 unspecified atom stereocenters. The van der Waals surface area contributed by atoms with Crippen molar-refractivity contribution in [1.29, 1.82) is 0 Å². The van der Waals surface area contributed by atoms with Crippen molar-refractivity contribution in [3.8, 4) is 11.8 Å². The molecule has 4 nitrogen and oxygen atoms in total. The molecule has 2 N–H and O–H groups in total. The first-order chi connectivity index (χ1) is 11.4. The molecule has 0 saturated carbocycles. The molecule has 2 rings (SSSR count). The molecule has 0 spiro atoms. The Labute approximate surface area is 152 Å². The maximum absolute atomic E-state index is 10.3. The molecule has 0 fully saturated rings. The molecule has 0 atom stereocenters. The minimum atomic E-state index is 0.172. The second kappa shape index (κ2) is 10.2. The molecule has 2 heterocycles. The number of anilines is 1. The van der Waals surface area contributed by atoms with Crippen LogP contribution in [0.3, 0.4) is 0 Å². The standard InChI is InChI=1S/C10H10O2S.C8H14N2S/c11-7-3-1-2-4-9-5-6-10(8-12)13-9;1-8(2,3)6-5-11-7(9-4)10-6/h5-6,8,11H,1,3,7H2;5H,1-4H3,(H,9,10). The summed E-state index contributed by atoms with van der Waals surface area (Å²) in [5, 5.41) is 14.6. The van der Waals surface area contributed by atoms with Crippen molar-refractivity contribution in [2.24, 2.45) is 0 Å². The molecule has 0 amide bonds. The Hall–Kier alpha value is -1.68. The van der Waals surface area contributed by atoms with Crippen molar-refractivity contribution in [2.75, 3.05) is 19.0 Å². The average Bonchev–Trinajstić information content (AvgIpc) is 3.20. The van der Waals surface area contributed by atoms with Gasteiger partial charge in [0.2, 0.25) is 0 Å². The highest BCUT2D eigenvalue weighted by Crippen LogP contribution is 2.25. The number of aliphatic hydroxyl groups is 1. The monoisotopic (exact) mass is 364 g/mol. The van der Waals surface area contributed by atoms with E-state index in [2.05, 4.69) is 48.3 Å². The summed E-state index contributed by atoms with van der Waals surface area (Å²) in [5.74, 6) is 5.86. The van der Waals surface area contributed by atoms with E-state index in [-0.39, 0.29) is 12.0 Å². The lowest BCUT2D eigenvalue weighted by molar-refractivity contribution is 0.112. The first-order valence-electron chi connectivity index (χ1n) is 7.69. The minimum absolute atomic E-state index is 0.172. The zero-order chi connectivity index (χ0) is 18.0. The van der Waals surface area contributed by atoms with Gasteiger partial charge in [-0.2, -0.15) is 0 Å². The molecule has 0 saturated heterocycles. The van der Waals surface area contributed by atoms with Crippen LogP contribution in [0.5, 0.6) is 0 Å². The summed E-state index contributed by atoms with van der Waals surface area (Å²) < 4.78 is 0. The molecule has 6 heteroatoms. The Morgan fingerprint density at radius 1 is 1.38 bits per heavy atom. The summed E-state index contributed by atoms with van der Waals surface area (Å²) in [6, 6.07) is 3.59. The van der Waals surface area contributed by atoms with Gasteiger partial charge in [0.15, 0.2) is 11.4 Å². The van der Waals surface area contributed by atoms with Crippen LogP contribution in [0, 0.1) is 11.8 Å². The Morgan fingerprint density at radius 3 is 2.58 bits per heavy atom. The molecule has 24 heavy (non-hydrogen) atoms. The number of thiazole rings is 1. The van der Waals surface area contributed by atoms with Gasteiger partial charge >= 0.3 is 0 Å². The van der Waals surface area contributed by atoms with Crippen LogP contribution >= 0.6 is 22.7 Å². The summed E-state index contributed by atoms with van der Waals surface area (Å²) in [4.78, 5) is 16.3. The average molecular weight is 365 g/mol. The predicted octanol–water partition coefficient (Wildman–Crippen LogP) is 4.17. The van der Waals surface area contributed by atoms with E-state index < -0.39 is 0 Å². The Morgan fingerprint density at radius 2 is 2.12 bits per heavy atom. The van der Waals surface area contributed by atoms with Crippen molar-refractivity contribution in [3.63, 3.8) is 0 Å². The third kappa shape index (κ3) is 7.26. The van der Waals surface area contributed by atoms with Gasteiger partial charge in [-0.05, 0) is 18.6 Å². The summed E-state index contributed by atoms with van der Waals surface area (Å²) >= 11 is 3.04. The Balaban J connectivity index is 0.000000243. The van der Waals surface area contributed by atoms with E-state index in [1.165, 1.54) is 11.3 Å². The molecule has 0 radical (unpaired) electrons. The maximum Gasteiger partial charge on any atom is 0.182 e. The number of hydrogen-bond donors (Lipinski definition) is 2. The van der Waals surface area contributed by atoms with Gasteiger partial charge in [-0.25, -0.2) is 4.98 Å². The lowest BCUT2D eigenvalue weighted by Crippen LogP contribution is -2.11. The SMILES string of the molecule is CNc1nc(C(C)(C)C)cs1.O=Cc1ccc(C#CCCCO)s1. The van der Waals surface area contributed by atoms with Crippen molar-refractivity contribution in [3.05, 3.63) is 33.0 Å². The smallest absolute Gasteiger partial charge is 0.182 e. The van der Waals surface area contributed by atoms with Gasteiger partial charge in [-0.3, -0.25) is 4.79 Å². The van der Waals surface area contributed by atoms with E-state index in [9.17, 15) is 4.79 Å². The van der Waals surface area contributed by atoms with Crippen molar-refractivity contribution < 1.29 is 9.90 Å². The van der Waals surface area contributed by atoms with Gasteiger partial charge in [-0.15, -0.1) is 22.7 Å². The first-order valence-corrected chi connectivity index (χ1v) is 9.38. The number of aliphatic hydroxyl groups excluding tert-OH is 1. The van der Waals surface area contributed by atoms with Gasteiger partial charge in [-0.1, -0.05) is 32.6 Å². The Bertz CT molecular complexity index is 688.